The quantitative estimate of drug-likeness (QED) is 0.792. The first-order valence-electron chi connectivity index (χ1n) is 7.54. The fourth-order valence-corrected chi connectivity index (χ4v) is 2.22. The summed E-state index contributed by atoms with van der Waals surface area (Å²) in [6.07, 6.45) is 2.43. The van der Waals surface area contributed by atoms with Gasteiger partial charge in [-0.15, -0.1) is 0 Å². The molecule has 2 rings (SSSR count). The van der Waals surface area contributed by atoms with Crippen molar-refractivity contribution < 1.29 is 4.74 Å². The zero-order valence-corrected chi connectivity index (χ0v) is 13.0. The van der Waals surface area contributed by atoms with Crippen LogP contribution >= 0.6 is 0 Å². The number of ether oxygens (including phenoxy) is 1. The van der Waals surface area contributed by atoms with Gasteiger partial charge in [0.1, 0.15) is 17.5 Å². The average molecular weight is 278 g/mol. The van der Waals surface area contributed by atoms with Crippen molar-refractivity contribution in [3.8, 4) is 0 Å². The van der Waals surface area contributed by atoms with Crippen LogP contribution in [0.1, 0.15) is 45.4 Å². The lowest BCUT2D eigenvalue weighted by Gasteiger charge is -2.28. The second kappa shape index (κ2) is 6.88. The molecule has 0 saturated heterocycles. The predicted octanol–water partition coefficient (Wildman–Crippen LogP) is 2.65. The van der Waals surface area contributed by atoms with Gasteiger partial charge in [0.25, 0.3) is 0 Å². The van der Waals surface area contributed by atoms with Crippen LogP contribution in [0.5, 0.6) is 0 Å². The van der Waals surface area contributed by atoms with E-state index >= 15 is 0 Å². The van der Waals surface area contributed by atoms with Gasteiger partial charge < -0.3 is 15.0 Å². The first-order valence-corrected chi connectivity index (χ1v) is 7.54. The van der Waals surface area contributed by atoms with E-state index in [9.17, 15) is 0 Å². The fourth-order valence-electron chi connectivity index (χ4n) is 2.22. The molecule has 0 atom stereocenters. The first kappa shape index (κ1) is 15.0. The van der Waals surface area contributed by atoms with Gasteiger partial charge in [0, 0.05) is 38.2 Å². The number of hydrogen-bond acceptors (Lipinski definition) is 5. The molecule has 0 bridgehead atoms. The molecular formula is C15H26N4O. The predicted molar refractivity (Wildman–Crippen MR) is 82.5 cm³/mol. The zero-order chi connectivity index (χ0) is 14.5. The third-order valence-electron chi connectivity index (χ3n) is 3.48. The van der Waals surface area contributed by atoms with Crippen molar-refractivity contribution in [1.29, 1.82) is 0 Å². The summed E-state index contributed by atoms with van der Waals surface area (Å²) in [5.74, 6) is 3.48. The molecular weight excluding hydrogens is 252 g/mol. The van der Waals surface area contributed by atoms with E-state index < -0.39 is 0 Å². The summed E-state index contributed by atoms with van der Waals surface area (Å²) in [4.78, 5) is 11.7. The number of aromatic nitrogens is 2. The molecule has 1 aromatic rings. The minimum absolute atomic E-state index is 0.390. The molecule has 0 spiro atoms. The smallest absolute Gasteiger partial charge is 0.136 e. The molecule has 1 aliphatic rings. The van der Waals surface area contributed by atoms with E-state index in [4.69, 9.17) is 9.72 Å². The lowest BCUT2D eigenvalue weighted by atomic mass is 10.3. The van der Waals surface area contributed by atoms with E-state index in [1.54, 1.807) is 7.11 Å². The summed E-state index contributed by atoms with van der Waals surface area (Å²) in [6.45, 7) is 8.88. The second-order valence-corrected chi connectivity index (χ2v) is 5.55. The van der Waals surface area contributed by atoms with Crippen molar-refractivity contribution in [2.24, 2.45) is 0 Å². The highest BCUT2D eigenvalue weighted by Gasteiger charge is 2.28. The SMILES string of the molecule is CCNc1cc(N(CCOC)C(C)C)nc(C2CC2)n1. The van der Waals surface area contributed by atoms with Gasteiger partial charge in [-0.2, -0.15) is 0 Å². The lowest BCUT2D eigenvalue weighted by Crippen LogP contribution is -2.34. The zero-order valence-electron chi connectivity index (χ0n) is 13.0. The first-order chi connectivity index (χ1) is 9.65. The van der Waals surface area contributed by atoms with Crippen LogP contribution in [0.3, 0.4) is 0 Å². The maximum absolute atomic E-state index is 5.21. The molecule has 1 aromatic heterocycles. The molecule has 1 saturated carbocycles. The van der Waals surface area contributed by atoms with Crippen LogP contribution < -0.4 is 10.2 Å². The maximum atomic E-state index is 5.21. The Balaban J connectivity index is 2.26. The lowest BCUT2D eigenvalue weighted by molar-refractivity contribution is 0.203. The van der Waals surface area contributed by atoms with Gasteiger partial charge in [0.2, 0.25) is 0 Å². The Labute approximate surface area is 121 Å². The minimum Gasteiger partial charge on any atom is -0.383 e. The molecule has 0 radical (unpaired) electrons. The normalized spacial score (nSPS) is 14.7. The van der Waals surface area contributed by atoms with Gasteiger partial charge in [-0.05, 0) is 33.6 Å². The van der Waals surface area contributed by atoms with Gasteiger partial charge >= 0.3 is 0 Å². The summed E-state index contributed by atoms with van der Waals surface area (Å²) in [7, 11) is 1.73. The third-order valence-corrected chi connectivity index (χ3v) is 3.48. The van der Waals surface area contributed by atoms with E-state index in [0.717, 1.165) is 30.5 Å². The summed E-state index contributed by atoms with van der Waals surface area (Å²) < 4.78 is 5.21. The number of nitrogens with one attached hydrogen (secondary N) is 1. The van der Waals surface area contributed by atoms with E-state index in [2.05, 4.69) is 36.0 Å². The van der Waals surface area contributed by atoms with Crippen molar-refractivity contribution in [1.82, 2.24) is 9.97 Å². The van der Waals surface area contributed by atoms with Gasteiger partial charge in [-0.3, -0.25) is 0 Å². The fraction of sp³-hybridized carbons (Fsp3) is 0.733. The Morgan fingerprint density at radius 1 is 1.40 bits per heavy atom. The third kappa shape index (κ3) is 3.82. The van der Waals surface area contributed by atoms with Crippen LogP contribution in [-0.2, 0) is 4.74 Å². The summed E-state index contributed by atoms with van der Waals surface area (Å²) in [6, 6.07) is 2.44. The Bertz CT molecular complexity index is 432. The summed E-state index contributed by atoms with van der Waals surface area (Å²) in [5.41, 5.74) is 0. The number of anilines is 2. The van der Waals surface area contributed by atoms with Crippen LogP contribution in [0.2, 0.25) is 0 Å². The van der Waals surface area contributed by atoms with Crippen LogP contribution in [0, 0.1) is 0 Å². The number of rotatable bonds is 8. The average Bonchev–Trinajstić information content (AvgIpc) is 3.23. The van der Waals surface area contributed by atoms with Crippen LogP contribution in [-0.4, -0.2) is 42.8 Å². The van der Waals surface area contributed by atoms with E-state index in [-0.39, 0.29) is 0 Å². The van der Waals surface area contributed by atoms with Crippen molar-refractivity contribution in [3.63, 3.8) is 0 Å². The Morgan fingerprint density at radius 3 is 2.70 bits per heavy atom. The molecule has 1 heterocycles. The highest BCUT2D eigenvalue weighted by atomic mass is 16.5. The molecule has 5 heteroatoms. The standard InChI is InChI=1S/C15H26N4O/c1-5-16-13-10-14(18-15(17-13)12-6-7-12)19(11(2)3)8-9-20-4/h10-12H,5-9H2,1-4H3,(H,16,17,18). The topological polar surface area (TPSA) is 50.3 Å². The van der Waals surface area contributed by atoms with Gasteiger partial charge in [0.15, 0.2) is 0 Å². The molecule has 1 fully saturated rings. The van der Waals surface area contributed by atoms with Gasteiger partial charge in [0.05, 0.1) is 6.61 Å². The Hall–Kier alpha value is -1.36. The highest BCUT2D eigenvalue weighted by Crippen LogP contribution is 2.39. The molecule has 1 N–H and O–H groups in total. The maximum Gasteiger partial charge on any atom is 0.136 e. The highest BCUT2D eigenvalue weighted by molar-refractivity contribution is 5.50. The number of methoxy groups -OCH3 is 1. The molecule has 0 aliphatic heterocycles. The molecule has 20 heavy (non-hydrogen) atoms. The van der Waals surface area contributed by atoms with Crippen molar-refractivity contribution >= 4 is 11.6 Å². The molecule has 112 valence electrons. The second-order valence-electron chi connectivity index (χ2n) is 5.55. The van der Waals surface area contributed by atoms with Crippen LogP contribution in [0.15, 0.2) is 6.07 Å². The van der Waals surface area contributed by atoms with Crippen LogP contribution in [0.25, 0.3) is 0 Å². The van der Waals surface area contributed by atoms with E-state index in [0.29, 0.717) is 18.6 Å². The number of nitrogens with zero attached hydrogens (tertiary/aromatic N) is 3. The monoisotopic (exact) mass is 278 g/mol. The molecule has 5 nitrogen and oxygen atoms in total. The molecule has 1 aliphatic carbocycles. The van der Waals surface area contributed by atoms with Gasteiger partial charge in [-0.1, -0.05) is 0 Å². The minimum atomic E-state index is 0.390. The van der Waals surface area contributed by atoms with Gasteiger partial charge in [-0.25, -0.2) is 9.97 Å². The largest absolute Gasteiger partial charge is 0.383 e. The molecule has 0 amide bonds. The van der Waals surface area contributed by atoms with Crippen molar-refractivity contribution in [2.45, 2.75) is 45.6 Å². The molecule has 0 aromatic carbocycles. The summed E-state index contributed by atoms with van der Waals surface area (Å²) >= 11 is 0. The van der Waals surface area contributed by atoms with E-state index in [1.807, 2.05) is 6.07 Å². The van der Waals surface area contributed by atoms with Crippen LogP contribution in [0.4, 0.5) is 11.6 Å². The Morgan fingerprint density at radius 2 is 2.15 bits per heavy atom. The Kier molecular flexibility index (Phi) is 5.17. The number of hydrogen-bond donors (Lipinski definition) is 1. The van der Waals surface area contributed by atoms with Crippen molar-refractivity contribution in [2.75, 3.05) is 37.0 Å². The van der Waals surface area contributed by atoms with Crippen molar-refractivity contribution in [3.05, 3.63) is 11.9 Å². The summed E-state index contributed by atoms with van der Waals surface area (Å²) in [5, 5.41) is 3.31. The van der Waals surface area contributed by atoms with E-state index in [1.165, 1.54) is 12.8 Å². The molecule has 0 unspecified atom stereocenters.